The minimum atomic E-state index is 0.714. The van der Waals surface area contributed by atoms with Gasteiger partial charge >= 0.3 is 5.88 Å². The molecule has 0 spiro atoms. The summed E-state index contributed by atoms with van der Waals surface area (Å²) in [7, 11) is 3.24. The summed E-state index contributed by atoms with van der Waals surface area (Å²) in [6.45, 7) is 0. The van der Waals surface area contributed by atoms with Gasteiger partial charge in [-0.2, -0.15) is 0 Å². The molecule has 0 atom stereocenters. The quantitative estimate of drug-likeness (QED) is 0.664. The van der Waals surface area contributed by atoms with E-state index < -0.39 is 0 Å². The summed E-state index contributed by atoms with van der Waals surface area (Å²) in [5.74, 6) is 0.714. The van der Waals surface area contributed by atoms with Gasteiger partial charge in [0.2, 0.25) is 6.20 Å². The number of hydrogen-bond donors (Lipinski definition) is 0. The van der Waals surface area contributed by atoms with Gasteiger partial charge in [0.15, 0.2) is 0 Å². The van der Waals surface area contributed by atoms with Crippen LogP contribution in [0, 0.1) is 0 Å². The predicted octanol–water partition coefficient (Wildman–Crippen LogP) is 1.19. The van der Waals surface area contributed by atoms with Crippen LogP contribution in [0.4, 0.5) is 0 Å². The Morgan fingerprint density at radius 3 is 2.57 bits per heavy atom. The van der Waals surface area contributed by atoms with E-state index in [0.29, 0.717) is 5.88 Å². The van der Waals surface area contributed by atoms with Gasteiger partial charge in [-0.3, -0.25) is 4.84 Å². The maximum Gasteiger partial charge on any atom is 0.424 e. The summed E-state index contributed by atoms with van der Waals surface area (Å²) < 4.78 is 6.89. The minimum absolute atomic E-state index is 0.714. The molecule has 72 valence electrons. The van der Waals surface area contributed by atoms with Crippen molar-refractivity contribution in [3.8, 4) is 5.88 Å². The smallest absolute Gasteiger partial charge is 0.424 e. The molecular formula is C11H12NO2+. The fourth-order valence-corrected chi connectivity index (χ4v) is 1.52. The summed E-state index contributed by atoms with van der Waals surface area (Å²) >= 11 is 0. The molecule has 3 nitrogen and oxygen atoms in total. The molecule has 0 radical (unpaired) electrons. The third kappa shape index (κ3) is 1.27. The van der Waals surface area contributed by atoms with Crippen molar-refractivity contribution >= 4 is 10.8 Å². The maximum atomic E-state index is 5.29. The molecule has 0 unspecified atom stereocenters. The molecule has 0 N–H and O–H groups in total. The maximum absolute atomic E-state index is 5.29. The van der Waals surface area contributed by atoms with Gasteiger partial charge in [-0.15, -0.1) is 0 Å². The zero-order valence-corrected chi connectivity index (χ0v) is 8.23. The fraction of sp³-hybridized carbons (Fsp3) is 0.182. The predicted molar refractivity (Wildman–Crippen MR) is 53.2 cm³/mol. The van der Waals surface area contributed by atoms with Crippen LogP contribution in [0.25, 0.3) is 10.8 Å². The number of rotatable bonds is 2. The lowest BCUT2D eigenvalue weighted by molar-refractivity contribution is -0.886. The van der Waals surface area contributed by atoms with Crippen LogP contribution in [0.3, 0.4) is 0 Å². The van der Waals surface area contributed by atoms with Crippen LogP contribution in [0.2, 0.25) is 0 Å². The molecule has 2 aromatic rings. The van der Waals surface area contributed by atoms with E-state index in [1.54, 1.807) is 19.0 Å². The molecule has 0 saturated heterocycles. The lowest BCUT2D eigenvalue weighted by atomic mass is 10.2. The zero-order valence-electron chi connectivity index (χ0n) is 8.23. The number of fused-ring (bicyclic) bond motifs is 1. The Morgan fingerprint density at radius 1 is 1.07 bits per heavy atom. The van der Waals surface area contributed by atoms with E-state index in [2.05, 4.69) is 0 Å². The number of aromatic nitrogens is 1. The largest absolute Gasteiger partial charge is 0.444 e. The van der Waals surface area contributed by atoms with Crippen molar-refractivity contribution in [3.05, 3.63) is 36.5 Å². The monoisotopic (exact) mass is 190 g/mol. The highest BCUT2D eigenvalue weighted by Gasteiger charge is 2.15. The number of benzene rings is 1. The zero-order chi connectivity index (χ0) is 9.97. The van der Waals surface area contributed by atoms with Crippen LogP contribution >= 0.6 is 0 Å². The van der Waals surface area contributed by atoms with Crippen molar-refractivity contribution in [2.45, 2.75) is 0 Å². The molecule has 1 aromatic carbocycles. The van der Waals surface area contributed by atoms with E-state index in [4.69, 9.17) is 9.57 Å². The summed E-state index contributed by atoms with van der Waals surface area (Å²) in [5.41, 5.74) is 0. The highest BCUT2D eigenvalue weighted by molar-refractivity contribution is 5.85. The first-order valence-corrected chi connectivity index (χ1v) is 4.38. The second-order valence-corrected chi connectivity index (χ2v) is 2.92. The summed E-state index contributed by atoms with van der Waals surface area (Å²) in [6, 6.07) is 10.0. The van der Waals surface area contributed by atoms with Crippen molar-refractivity contribution in [2.75, 3.05) is 14.2 Å². The minimum Gasteiger partial charge on any atom is -0.444 e. The van der Waals surface area contributed by atoms with Crippen molar-refractivity contribution < 1.29 is 14.3 Å². The van der Waals surface area contributed by atoms with Gasteiger partial charge in [0.05, 0.1) is 12.5 Å². The Hall–Kier alpha value is -1.77. The van der Waals surface area contributed by atoms with Crippen LogP contribution in [0.1, 0.15) is 0 Å². The van der Waals surface area contributed by atoms with Crippen molar-refractivity contribution in [1.82, 2.24) is 0 Å². The molecule has 0 aliphatic carbocycles. The van der Waals surface area contributed by atoms with E-state index >= 15 is 0 Å². The molecule has 0 saturated carbocycles. The number of methoxy groups -OCH3 is 1. The van der Waals surface area contributed by atoms with Crippen LogP contribution in [0.5, 0.6) is 5.88 Å². The number of nitrogens with zero attached hydrogens (tertiary/aromatic N) is 1. The van der Waals surface area contributed by atoms with E-state index in [-0.39, 0.29) is 0 Å². The Bertz CT molecular complexity index is 454. The Labute approximate surface area is 82.5 Å². The topological polar surface area (TPSA) is 22.3 Å². The van der Waals surface area contributed by atoms with Crippen molar-refractivity contribution in [1.29, 1.82) is 0 Å². The third-order valence-corrected chi connectivity index (χ3v) is 2.17. The normalized spacial score (nSPS) is 10.1. The van der Waals surface area contributed by atoms with Gasteiger partial charge in [0.25, 0.3) is 0 Å². The lowest BCUT2D eigenvalue weighted by Crippen LogP contribution is -2.41. The van der Waals surface area contributed by atoms with E-state index in [1.165, 1.54) is 0 Å². The molecule has 0 amide bonds. The van der Waals surface area contributed by atoms with Gasteiger partial charge in [-0.05, 0) is 11.5 Å². The second kappa shape index (κ2) is 3.54. The van der Waals surface area contributed by atoms with Gasteiger partial charge in [-0.25, -0.2) is 0 Å². The summed E-state index contributed by atoms with van der Waals surface area (Å²) in [4.78, 5) is 5.14. The lowest BCUT2D eigenvalue weighted by Gasteiger charge is -2.01. The first-order valence-electron chi connectivity index (χ1n) is 4.38. The second-order valence-electron chi connectivity index (χ2n) is 2.92. The fourth-order valence-electron chi connectivity index (χ4n) is 1.52. The van der Waals surface area contributed by atoms with E-state index in [1.807, 2.05) is 36.5 Å². The molecule has 0 aliphatic heterocycles. The molecule has 1 heterocycles. The Morgan fingerprint density at radius 2 is 1.86 bits per heavy atom. The SMILES string of the molecule is COc1c2ccccc2cc[n+]1OC. The molecule has 3 heteroatoms. The summed E-state index contributed by atoms with van der Waals surface area (Å²) in [6.07, 6.45) is 1.83. The van der Waals surface area contributed by atoms with Gasteiger partial charge in [-0.1, -0.05) is 18.2 Å². The average Bonchev–Trinajstić information content (AvgIpc) is 2.27. The molecular weight excluding hydrogens is 178 g/mol. The highest BCUT2D eigenvalue weighted by Crippen LogP contribution is 2.20. The van der Waals surface area contributed by atoms with Crippen LogP contribution in [-0.4, -0.2) is 14.2 Å². The van der Waals surface area contributed by atoms with Crippen molar-refractivity contribution in [3.63, 3.8) is 0 Å². The number of ether oxygens (including phenoxy) is 1. The number of hydrogen-bond acceptors (Lipinski definition) is 2. The summed E-state index contributed by atoms with van der Waals surface area (Å²) in [5, 5.41) is 2.18. The third-order valence-electron chi connectivity index (χ3n) is 2.17. The molecule has 0 fully saturated rings. The molecule has 14 heavy (non-hydrogen) atoms. The standard InChI is InChI=1S/C11H12NO2/c1-13-11-10-6-4-3-5-9(10)7-8-12(11)14-2/h3-8H,1-2H3/q+1. The van der Waals surface area contributed by atoms with E-state index in [0.717, 1.165) is 10.8 Å². The molecule has 0 aliphatic rings. The number of pyridine rings is 1. The van der Waals surface area contributed by atoms with Gasteiger partial charge in [0.1, 0.15) is 7.11 Å². The van der Waals surface area contributed by atoms with Crippen molar-refractivity contribution in [2.24, 2.45) is 0 Å². The first-order chi connectivity index (χ1) is 6.86. The first kappa shape index (κ1) is 8.81. The molecule has 0 bridgehead atoms. The average molecular weight is 190 g/mol. The molecule has 1 aromatic heterocycles. The molecule has 2 rings (SSSR count). The van der Waals surface area contributed by atoms with Gasteiger partial charge < -0.3 is 4.74 Å². The van der Waals surface area contributed by atoms with E-state index in [9.17, 15) is 0 Å². The van der Waals surface area contributed by atoms with Crippen LogP contribution < -0.4 is 14.3 Å². The Kier molecular flexibility index (Phi) is 2.23. The van der Waals surface area contributed by atoms with Gasteiger partial charge in [0, 0.05) is 10.8 Å². The Balaban J connectivity index is 2.77. The van der Waals surface area contributed by atoms with Crippen LogP contribution in [0.15, 0.2) is 36.5 Å². The van der Waals surface area contributed by atoms with Crippen LogP contribution in [-0.2, 0) is 0 Å². The highest BCUT2D eigenvalue weighted by atomic mass is 16.7.